The molecule has 0 spiro atoms. The molecule has 3 nitrogen and oxygen atoms in total. The Labute approximate surface area is 109 Å². The molecular weight excluding hydrogens is 222 g/mol. The van der Waals surface area contributed by atoms with E-state index in [4.69, 9.17) is 5.26 Å². The molecule has 0 radical (unpaired) electrons. The van der Waals surface area contributed by atoms with E-state index in [-0.39, 0.29) is 0 Å². The first-order valence-corrected chi connectivity index (χ1v) is 6.67. The third-order valence-corrected chi connectivity index (χ3v) is 3.61. The van der Waals surface area contributed by atoms with Crippen molar-refractivity contribution in [1.29, 1.82) is 5.26 Å². The average molecular weight is 243 g/mol. The molecule has 0 unspecified atom stereocenters. The fraction of sp³-hybridized carbons (Fsp3) is 0.533. The molecule has 1 aliphatic heterocycles. The summed E-state index contributed by atoms with van der Waals surface area (Å²) in [5, 5.41) is 12.5. The van der Waals surface area contributed by atoms with Crippen molar-refractivity contribution in [3.8, 4) is 6.07 Å². The minimum atomic E-state index is 0.797. The Hall–Kier alpha value is -1.37. The van der Waals surface area contributed by atoms with E-state index >= 15 is 0 Å². The highest BCUT2D eigenvalue weighted by atomic mass is 15.1. The number of hydrogen-bond donors (Lipinski definition) is 1. The van der Waals surface area contributed by atoms with E-state index in [0.29, 0.717) is 0 Å². The maximum atomic E-state index is 9.08. The van der Waals surface area contributed by atoms with Crippen LogP contribution in [0.2, 0.25) is 0 Å². The third kappa shape index (κ3) is 3.56. The quantitative estimate of drug-likeness (QED) is 0.879. The predicted molar refractivity (Wildman–Crippen MR) is 73.1 cm³/mol. The number of piperidine rings is 1. The summed E-state index contributed by atoms with van der Waals surface area (Å²) in [6, 6.07) is 10.2. The Kier molecular flexibility index (Phi) is 4.74. The lowest BCUT2D eigenvalue weighted by Crippen LogP contribution is -2.34. The second-order valence-corrected chi connectivity index (χ2v) is 5.16. The van der Waals surface area contributed by atoms with Crippen molar-refractivity contribution in [2.24, 2.45) is 5.92 Å². The summed E-state index contributed by atoms with van der Waals surface area (Å²) in [6.45, 7) is 4.29. The molecule has 1 heterocycles. The minimum Gasteiger partial charge on any atom is -0.317 e. The number of nitriles is 1. The fourth-order valence-corrected chi connectivity index (χ4v) is 2.63. The first kappa shape index (κ1) is 13.1. The molecule has 1 aliphatic rings. The first-order valence-electron chi connectivity index (χ1n) is 6.67. The summed E-state index contributed by atoms with van der Waals surface area (Å²) in [7, 11) is 2.15. The number of benzene rings is 1. The number of rotatable bonds is 4. The fourth-order valence-electron chi connectivity index (χ4n) is 2.63. The second-order valence-electron chi connectivity index (χ2n) is 5.16. The van der Waals surface area contributed by atoms with Crippen molar-refractivity contribution in [3.63, 3.8) is 0 Å². The SMILES string of the molecule is CN(Cc1ccccc1C#N)CC1CCNCC1. The van der Waals surface area contributed by atoms with Gasteiger partial charge in [-0.2, -0.15) is 5.26 Å². The average Bonchev–Trinajstić information content (AvgIpc) is 2.40. The van der Waals surface area contributed by atoms with E-state index < -0.39 is 0 Å². The summed E-state index contributed by atoms with van der Waals surface area (Å²) in [5.74, 6) is 0.797. The molecule has 1 aromatic carbocycles. The van der Waals surface area contributed by atoms with Gasteiger partial charge in [-0.1, -0.05) is 18.2 Å². The van der Waals surface area contributed by atoms with Gasteiger partial charge in [0, 0.05) is 13.1 Å². The van der Waals surface area contributed by atoms with Gasteiger partial charge in [-0.05, 0) is 50.5 Å². The van der Waals surface area contributed by atoms with Gasteiger partial charge in [0.1, 0.15) is 0 Å². The molecular formula is C15H21N3. The van der Waals surface area contributed by atoms with Gasteiger partial charge in [0.15, 0.2) is 0 Å². The van der Waals surface area contributed by atoms with Gasteiger partial charge in [0.25, 0.3) is 0 Å². The van der Waals surface area contributed by atoms with Gasteiger partial charge in [-0.25, -0.2) is 0 Å². The Morgan fingerprint density at radius 3 is 2.78 bits per heavy atom. The van der Waals surface area contributed by atoms with Gasteiger partial charge >= 0.3 is 0 Å². The van der Waals surface area contributed by atoms with Crippen LogP contribution in [0.5, 0.6) is 0 Å². The minimum absolute atomic E-state index is 0.797. The van der Waals surface area contributed by atoms with E-state index in [1.54, 1.807) is 0 Å². The molecule has 0 amide bonds. The Morgan fingerprint density at radius 1 is 1.33 bits per heavy atom. The van der Waals surface area contributed by atoms with E-state index in [2.05, 4.69) is 29.4 Å². The second kappa shape index (κ2) is 6.53. The van der Waals surface area contributed by atoms with Crippen molar-refractivity contribution in [1.82, 2.24) is 10.2 Å². The van der Waals surface area contributed by atoms with Crippen LogP contribution < -0.4 is 5.32 Å². The molecule has 18 heavy (non-hydrogen) atoms. The van der Waals surface area contributed by atoms with Gasteiger partial charge in [0.2, 0.25) is 0 Å². The summed E-state index contributed by atoms with van der Waals surface area (Å²) >= 11 is 0. The third-order valence-electron chi connectivity index (χ3n) is 3.61. The molecule has 1 saturated heterocycles. The highest BCUT2D eigenvalue weighted by molar-refractivity contribution is 5.37. The standard InChI is InChI=1S/C15H21N3/c1-18(11-13-6-8-17-9-7-13)12-15-5-3-2-4-14(15)10-16/h2-5,13,17H,6-9,11-12H2,1H3. The van der Waals surface area contributed by atoms with Crippen LogP contribution in [0, 0.1) is 17.2 Å². The van der Waals surface area contributed by atoms with Crippen molar-refractivity contribution in [3.05, 3.63) is 35.4 Å². The Balaban J connectivity index is 1.90. The molecule has 0 atom stereocenters. The van der Waals surface area contributed by atoms with Crippen LogP contribution in [0.4, 0.5) is 0 Å². The van der Waals surface area contributed by atoms with Gasteiger partial charge in [-0.3, -0.25) is 0 Å². The zero-order valence-electron chi connectivity index (χ0n) is 11.0. The Morgan fingerprint density at radius 2 is 2.06 bits per heavy atom. The van der Waals surface area contributed by atoms with Gasteiger partial charge < -0.3 is 10.2 Å². The smallest absolute Gasteiger partial charge is 0.0995 e. The van der Waals surface area contributed by atoms with E-state index in [0.717, 1.165) is 43.2 Å². The maximum absolute atomic E-state index is 9.08. The molecule has 0 aliphatic carbocycles. The van der Waals surface area contributed by atoms with Gasteiger partial charge in [-0.15, -0.1) is 0 Å². The van der Waals surface area contributed by atoms with Crippen molar-refractivity contribution in [2.45, 2.75) is 19.4 Å². The first-order chi connectivity index (χ1) is 8.79. The molecule has 1 aromatic rings. The van der Waals surface area contributed by atoms with Crippen LogP contribution in [-0.2, 0) is 6.54 Å². The summed E-state index contributed by atoms with van der Waals surface area (Å²) in [4.78, 5) is 2.34. The van der Waals surface area contributed by atoms with Crippen molar-refractivity contribution < 1.29 is 0 Å². The summed E-state index contributed by atoms with van der Waals surface area (Å²) in [6.07, 6.45) is 2.54. The number of nitrogens with zero attached hydrogens (tertiary/aromatic N) is 2. The predicted octanol–water partition coefficient (Wildman–Crippen LogP) is 1.99. The number of hydrogen-bond acceptors (Lipinski definition) is 3. The Bertz CT molecular complexity index is 416. The van der Waals surface area contributed by atoms with Crippen molar-refractivity contribution >= 4 is 0 Å². The molecule has 1 fully saturated rings. The molecule has 2 rings (SSSR count). The van der Waals surface area contributed by atoms with E-state index in [1.165, 1.54) is 12.8 Å². The molecule has 1 N–H and O–H groups in total. The topological polar surface area (TPSA) is 39.1 Å². The summed E-state index contributed by atoms with van der Waals surface area (Å²) in [5.41, 5.74) is 1.94. The highest BCUT2D eigenvalue weighted by Crippen LogP contribution is 2.15. The van der Waals surface area contributed by atoms with Crippen molar-refractivity contribution in [2.75, 3.05) is 26.7 Å². The molecule has 0 aromatic heterocycles. The number of nitrogens with one attached hydrogen (secondary N) is 1. The van der Waals surface area contributed by atoms with Gasteiger partial charge in [0.05, 0.1) is 11.6 Å². The van der Waals surface area contributed by atoms with Crippen LogP contribution in [0.1, 0.15) is 24.0 Å². The molecule has 0 saturated carbocycles. The molecule has 0 bridgehead atoms. The van der Waals surface area contributed by atoms with E-state index in [1.807, 2.05) is 18.2 Å². The monoisotopic (exact) mass is 243 g/mol. The molecule has 3 heteroatoms. The normalized spacial score (nSPS) is 16.7. The lowest BCUT2D eigenvalue weighted by atomic mass is 9.97. The summed E-state index contributed by atoms with van der Waals surface area (Å²) < 4.78 is 0. The van der Waals surface area contributed by atoms with E-state index in [9.17, 15) is 0 Å². The van der Waals surface area contributed by atoms with Crippen LogP contribution in [0.15, 0.2) is 24.3 Å². The lowest BCUT2D eigenvalue weighted by molar-refractivity contribution is 0.234. The molecule has 96 valence electrons. The maximum Gasteiger partial charge on any atom is 0.0995 e. The van der Waals surface area contributed by atoms with Crippen LogP contribution >= 0.6 is 0 Å². The van der Waals surface area contributed by atoms with Crippen LogP contribution in [-0.4, -0.2) is 31.6 Å². The zero-order chi connectivity index (χ0) is 12.8. The van der Waals surface area contributed by atoms with Crippen LogP contribution in [0.3, 0.4) is 0 Å². The van der Waals surface area contributed by atoms with Crippen LogP contribution in [0.25, 0.3) is 0 Å². The largest absolute Gasteiger partial charge is 0.317 e. The lowest BCUT2D eigenvalue weighted by Gasteiger charge is -2.27. The zero-order valence-corrected chi connectivity index (χ0v) is 11.0. The highest BCUT2D eigenvalue weighted by Gasteiger charge is 2.15.